The number of aromatic nitrogens is 1. The number of hydrogen-bond donors (Lipinski definition) is 5. The summed E-state index contributed by atoms with van der Waals surface area (Å²) in [6, 6.07) is 16.3. The first-order valence-electron chi connectivity index (χ1n) is 14.9. The Balaban J connectivity index is 1.73. The van der Waals surface area contributed by atoms with Gasteiger partial charge in [-0.3, -0.25) is 4.79 Å². The highest BCUT2D eigenvalue weighted by atomic mass is 32.1. The average molecular weight is 624 g/mol. The molecule has 0 bridgehead atoms. The van der Waals surface area contributed by atoms with Crippen molar-refractivity contribution in [3.8, 4) is 0 Å². The molecule has 5 N–H and O–H groups in total. The van der Waals surface area contributed by atoms with Gasteiger partial charge in [0.25, 0.3) is 0 Å². The summed E-state index contributed by atoms with van der Waals surface area (Å²) >= 11 is 1.56. The van der Waals surface area contributed by atoms with Crippen LogP contribution in [0.1, 0.15) is 61.9 Å². The number of carboxylic acid groups (broad SMARTS) is 1. The number of aliphatic hydroxyl groups excluding tert-OH is 1. The molecule has 0 fully saturated rings. The summed E-state index contributed by atoms with van der Waals surface area (Å²) in [6.45, 7) is 8.16. The molecular weight excluding hydrogens is 578 g/mol. The SMILES string of the molecule is CC(C)c1nc(CN(C)C(=O)N[C@H](C(=O)NC(Cc2ccccc2)CC(O)[C@H](Cc2ccccc2)NC(=O)O)C(C)C)cs1. The molecule has 0 aliphatic heterocycles. The Bertz CT molecular complexity index is 1330. The zero-order chi connectivity index (χ0) is 32.2. The fourth-order valence-electron chi connectivity index (χ4n) is 4.90. The number of amides is 4. The predicted octanol–water partition coefficient (Wildman–Crippen LogP) is 4.79. The summed E-state index contributed by atoms with van der Waals surface area (Å²) in [6.07, 6.45) is -1.53. The highest BCUT2D eigenvalue weighted by Crippen LogP contribution is 2.20. The highest BCUT2D eigenvalue weighted by Gasteiger charge is 2.30. The third kappa shape index (κ3) is 10.9. The van der Waals surface area contributed by atoms with E-state index in [1.54, 1.807) is 18.4 Å². The van der Waals surface area contributed by atoms with Crippen molar-refractivity contribution in [3.05, 3.63) is 87.9 Å². The number of carbonyl (C=O) groups excluding carboxylic acids is 2. The van der Waals surface area contributed by atoms with Gasteiger partial charge in [0, 0.05) is 24.4 Å². The summed E-state index contributed by atoms with van der Waals surface area (Å²) in [5, 5.41) is 32.0. The van der Waals surface area contributed by atoms with Crippen LogP contribution in [0.15, 0.2) is 66.0 Å². The minimum atomic E-state index is -1.24. The Morgan fingerprint density at radius 3 is 2.00 bits per heavy atom. The van der Waals surface area contributed by atoms with Crippen molar-refractivity contribution in [2.75, 3.05) is 7.05 Å². The van der Waals surface area contributed by atoms with Crippen molar-refractivity contribution in [1.82, 2.24) is 25.8 Å². The van der Waals surface area contributed by atoms with Crippen LogP contribution in [0.3, 0.4) is 0 Å². The smallest absolute Gasteiger partial charge is 0.404 e. The molecule has 0 aliphatic carbocycles. The predicted molar refractivity (Wildman–Crippen MR) is 173 cm³/mol. The molecule has 0 aliphatic rings. The molecular formula is C33H45N5O5S. The second-order valence-electron chi connectivity index (χ2n) is 11.8. The van der Waals surface area contributed by atoms with Gasteiger partial charge in [-0.05, 0) is 36.3 Å². The monoisotopic (exact) mass is 623 g/mol. The third-order valence-corrected chi connectivity index (χ3v) is 8.50. The molecule has 4 atom stereocenters. The van der Waals surface area contributed by atoms with E-state index in [1.165, 1.54) is 4.90 Å². The van der Waals surface area contributed by atoms with Gasteiger partial charge in [-0.15, -0.1) is 11.3 Å². The van der Waals surface area contributed by atoms with Crippen molar-refractivity contribution in [3.63, 3.8) is 0 Å². The zero-order valence-electron chi connectivity index (χ0n) is 26.1. The molecule has 0 radical (unpaired) electrons. The van der Waals surface area contributed by atoms with E-state index in [0.717, 1.165) is 21.8 Å². The molecule has 4 amide bonds. The third-order valence-electron chi connectivity index (χ3n) is 7.31. The molecule has 1 aromatic heterocycles. The van der Waals surface area contributed by atoms with E-state index in [2.05, 4.69) is 34.8 Å². The summed E-state index contributed by atoms with van der Waals surface area (Å²) in [4.78, 5) is 44.5. The van der Waals surface area contributed by atoms with Crippen LogP contribution in [0.5, 0.6) is 0 Å². The minimum absolute atomic E-state index is 0.0963. The van der Waals surface area contributed by atoms with Crippen LogP contribution in [0.25, 0.3) is 0 Å². The standard InChI is InChI=1S/C33H45N5O5S/c1-21(2)29(37-32(41)38(5)19-26-20-44-31(35-26)22(3)4)30(40)34-25(16-23-12-8-6-9-13-23)18-28(39)27(36-33(42)43)17-24-14-10-7-11-15-24/h6-15,20-22,25,27-29,36,39H,16-19H2,1-5H3,(H,34,40)(H,37,41)(H,42,43)/t25?,27-,28?,29-/m0/s1. The lowest BCUT2D eigenvalue weighted by Gasteiger charge is -2.30. The molecule has 2 unspecified atom stereocenters. The summed E-state index contributed by atoms with van der Waals surface area (Å²) in [7, 11) is 1.66. The van der Waals surface area contributed by atoms with Crippen LogP contribution >= 0.6 is 11.3 Å². The summed E-state index contributed by atoms with van der Waals surface area (Å²) in [5.41, 5.74) is 2.61. The van der Waals surface area contributed by atoms with Crippen molar-refractivity contribution in [2.24, 2.45) is 5.92 Å². The van der Waals surface area contributed by atoms with Gasteiger partial charge in [0.15, 0.2) is 0 Å². The van der Waals surface area contributed by atoms with Gasteiger partial charge < -0.3 is 31.1 Å². The molecule has 1 heterocycles. The van der Waals surface area contributed by atoms with E-state index in [1.807, 2.05) is 79.9 Å². The largest absolute Gasteiger partial charge is 0.465 e. The number of thiazole rings is 1. The maximum absolute atomic E-state index is 13.7. The second-order valence-corrected chi connectivity index (χ2v) is 12.7. The Kier molecular flexibility index (Phi) is 13.2. The van der Waals surface area contributed by atoms with E-state index in [4.69, 9.17) is 0 Å². The van der Waals surface area contributed by atoms with Gasteiger partial charge in [-0.2, -0.15) is 0 Å². The van der Waals surface area contributed by atoms with E-state index in [9.17, 15) is 24.6 Å². The second kappa shape index (κ2) is 16.8. The van der Waals surface area contributed by atoms with Gasteiger partial charge in [-0.1, -0.05) is 88.4 Å². The molecule has 238 valence electrons. The number of nitrogens with zero attached hydrogens (tertiary/aromatic N) is 2. The van der Waals surface area contributed by atoms with E-state index < -0.39 is 36.4 Å². The molecule has 3 aromatic rings. The van der Waals surface area contributed by atoms with E-state index in [0.29, 0.717) is 18.9 Å². The number of hydrogen-bond acceptors (Lipinski definition) is 6. The Morgan fingerprint density at radius 2 is 1.48 bits per heavy atom. The first-order chi connectivity index (χ1) is 20.9. The van der Waals surface area contributed by atoms with Gasteiger partial charge in [0.1, 0.15) is 6.04 Å². The van der Waals surface area contributed by atoms with E-state index >= 15 is 0 Å². The van der Waals surface area contributed by atoms with Crippen molar-refractivity contribution in [2.45, 2.75) is 83.6 Å². The summed E-state index contributed by atoms with van der Waals surface area (Å²) < 4.78 is 0. The molecule has 0 saturated carbocycles. The van der Waals surface area contributed by atoms with Crippen LogP contribution in [0.4, 0.5) is 9.59 Å². The quantitative estimate of drug-likeness (QED) is 0.165. The Labute approximate surface area is 263 Å². The summed E-state index contributed by atoms with van der Waals surface area (Å²) in [5.74, 6) is -0.296. The normalized spacial score (nSPS) is 14.0. The maximum atomic E-state index is 13.7. The zero-order valence-corrected chi connectivity index (χ0v) is 26.9. The van der Waals surface area contributed by atoms with E-state index in [-0.39, 0.29) is 24.7 Å². The number of aliphatic hydroxyl groups is 1. The van der Waals surface area contributed by atoms with Crippen LogP contribution in [0, 0.1) is 5.92 Å². The number of nitrogens with one attached hydrogen (secondary N) is 3. The van der Waals surface area contributed by atoms with Crippen molar-refractivity contribution >= 4 is 29.4 Å². The van der Waals surface area contributed by atoms with Gasteiger partial charge >= 0.3 is 12.1 Å². The number of benzene rings is 2. The number of rotatable bonds is 15. The average Bonchev–Trinajstić information content (AvgIpc) is 3.45. The van der Waals surface area contributed by atoms with Gasteiger partial charge in [-0.25, -0.2) is 14.6 Å². The van der Waals surface area contributed by atoms with Crippen LogP contribution in [-0.2, 0) is 24.2 Å². The number of carbonyl (C=O) groups is 3. The highest BCUT2D eigenvalue weighted by molar-refractivity contribution is 7.09. The molecule has 3 rings (SSSR count). The fraction of sp³-hybridized carbons (Fsp3) is 0.455. The minimum Gasteiger partial charge on any atom is -0.465 e. The van der Waals surface area contributed by atoms with Crippen LogP contribution in [-0.4, -0.2) is 69.4 Å². The van der Waals surface area contributed by atoms with Crippen molar-refractivity contribution < 1.29 is 24.6 Å². The molecule has 0 saturated heterocycles. The molecule has 2 aromatic carbocycles. The van der Waals surface area contributed by atoms with Crippen molar-refractivity contribution in [1.29, 1.82) is 0 Å². The maximum Gasteiger partial charge on any atom is 0.404 e. The van der Waals surface area contributed by atoms with Gasteiger partial charge in [0.2, 0.25) is 5.91 Å². The Morgan fingerprint density at radius 1 is 0.886 bits per heavy atom. The fourth-order valence-corrected chi connectivity index (χ4v) is 5.73. The first kappa shape index (κ1) is 34.5. The Hall–Kier alpha value is -3.96. The van der Waals surface area contributed by atoms with Crippen LogP contribution in [0.2, 0.25) is 0 Å². The number of urea groups is 1. The van der Waals surface area contributed by atoms with Gasteiger partial charge in [0.05, 0.1) is 29.4 Å². The molecule has 44 heavy (non-hydrogen) atoms. The molecule has 11 heteroatoms. The topological polar surface area (TPSA) is 144 Å². The molecule has 10 nitrogen and oxygen atoms in total. The lowest BCUT2D eigenvalue weighted by atomic mass is 9.93. The van der Waals surface area contributed by atoms with Crippen LogP contribution < -0.4 is 16.0 Å². The molecule has 0 spiro atoms. The first-order valence-corrected chi connectivity index (χ1v) is 15.8. The lowest BCUT2D eigenvalue weighted by Crippen LogP contribution is -2.55. The lowest BCUT2D eigenvalue weighted by molar-refractivity contribution is -0.124.